The Balaban J connectivity index is 2.45. The molecule has 0 aromatic rings. The Morgan fingerprint density at radius 3 is 2.64 bits per heavy atom. The van der Waals surface area contributed by atoms with Gasteiger partial charge < -0.3 is 5.32 Å². The second-order valence-electron chi connectivity index (χ2n) is 2.91. The quantitative estimate of drug-likeness (QED) is 0.551. The first kappa shape index (κ1) is 6.67. The molecule has 2 rings (SSSR count). The van der Waals surface area contributed by atoms with Crippen LogP contribution in [0.5, 0.6) is 0 Å². The van der Waals surface area contributed by atoms with E-state index in [4.69, 9.17) is 0 Å². The highest BCUT2D eigenvalue weighted by molar-refractivity contribution is 5.98. The Labute approximate surface area is 64.4 Å². The highest BCUT2D eigenvalue weighted by atomic mass is 16.2. The van der Waals surface area contributed by atoms with Crippen LogP contribution in [0.1, 0.15) is 13.8 Å². The average molecular weight is 151 g/mol. The van der Waals surface area contributed by atoms with Crippen molar-refractivity contribution in [2.24, 2.45) is 10.2 Å². The number of hydrogen-bond donors (Lipinski definition) is 1. The van der Waals surface area contributed by atoms with E-state index in [-0.39, 0.29) is 18.0 Å². The average Bonchev–Trinajstić information content (AvgIpc) is 2.41. The SMILES string of the molecule is CC1NC(C)C2=C1N=NC2=O. The van der Waals surface area contributed by atoms with Crippen molar-refractivity contribution in [1.29, 1.82) is 0 Å². The minimum absolute atomic E-state index is 0.113. The summed E-state index contributed by atoms with van der Waals surface area (Å²) in [5.41, 5.74) is 1.57. The maximum atomic E-state index is 11.1. The molecule has 1 amide bonds. The Kier molecular flexibility index (Phi) is 1.20. The summed E-state index contributed by atoms with van der Waals surface area (Å²) in [7, 11) is 0. The molecule has 0 aromatic carbocycles. The third-order valence-corrected chi connectivity index (χ3v) is 2.10. The van der Waals surface area contributed by atoms with E-state index in [1.165, 1.54) is 0 Å². The van der Waals surface area contributed by atoms with Crippen LogP contribution in [0.3, 0.4) is 0 Å². The molecular weight excluding hydrogens is 142 g/mol. The minimum Gasteiger partial charge on any atom is -0.302 e. The lowest BCUT2D eigenvalue weighted by molar-refractivity contribution is -0.114. The lowest BCUT2D eigenvalue weighted by Crippen LogP contribution is -2.29. The number of nitrogens with zero attached hydrogens (tertiary/aromatic N) is 2. The van der Waals surface area contributed by atoms with Crippen LogP contribution < -0.4 is 5.32 Å². The minimum atomic E-state index is -0.177. The Hall–Kier alpha value is -1.03. The predicted octanol–water partition coefficient (Wildman–Crippen LogP) is 0.613. The summed E-state index contributed by atoms with van der Waals surface area (Å²) in [6.07, 6.45) is 0. The Morgan fingerprint density at radius 2 is 2.00 bits per heavy atom. The third kappa shape index (κ3) is 0.758. The van der Waals surface area contributed by atoms with Crippen LogP contribution in [0.15, 0.2) is 21.5 Å². The maximum Gasteiger partial charge on any atom is 0.294 e. The van der Waals surface area contributed by atoms with Gasteiger partial charge in [0.25, 0.3) is 5.91 Å². The van der Waals surface area contributed by atoms with Gasteiger partial charge in [0.15, 0.2) is 0 Å². The molecule has 0 saturated carbocycles. The molecule has 58 valence electrons. The predicted molar refractivity (Wildman–Crippen MR) is 38.9 cm³/mol. The van der Waals surface area contributed by atoms with Gasteiger partial charge in [0.1, 0.15) is 0 Å². The molecule has 0 radical (unpaired) electrons. The van der Waals surface area contributed by atoms with E-state index in [0.717, 1.165) is 11.3 Å². The summed E-state index contributed by atoms with van der Waals surface area (Å²) < 4.78 is 0. The molecule has 2 heterocycles. The van der Waals surface area contributed by atoms with Crippen LogP contribution in [-0.2, 0) is 4.79 Å². The summed E-state index contributed by atoms with van der Waals surface area (Å²) >= 11 is 0. The molecule has 2 atom stereocenters. The summed E-state index contributed by atoms with van der Waals surface area (Å²) in [6.45, 7) is 3.93. The fraction of sp³-hybridized carbons (Fsp3) is 0.571. The molecular formula is C7H9N3O. The zero-order chi connectivity index (χ0) is 8.01. The number of rotatable bonds is 0. The van der Waals surface area contributed by atoms with Crippen molar-refractivity contribution in [3.05, 3.63) is 11.3 Å². The van der Waals surface area contributed by atoms with Gasteiger partial charge in [0, 0.05) is 12.1 Å². The first-order chi connectivity index (χ1) is 5.20. The van der Waals surface area contributed by atoms with Crippen LogP contribution in [0.25, 0.3) is 0 Å². The van der Waals surface area contributed by atoms with Gasteiger partial charge >= 0.3 is 0 Å². The molecule has 2 unspecified atom stereocenters. The summed E-state index contributed by atoms with van der Waals surface area (Å²) in [5, 5.41) is 10.5. The van der Waals surface area contributed by atoms with E-state index < -0.39 is 0 Å². The van der Waals surface area contributed by atoms with Crippen molar-refractivity contribution in [2.75, 3.05) is 0 Å². The largest absolute Gasteiger partial charge is 0.302 e. The van der Waals surface area contributed by atoms with Crippen molar-refractivity contribution in [1.82, 2.24) is 5.32 Å². The summed E-state index contributed by atoms with van der Waals surface area (Å²) in [6, 6.07) is 0.290. The highest BCUT2D eigenvalue weighted by Crippen LogP contribution is 2.28. The van der Waals surface area contributed by atoms with Crippen molar-refractivity contribution in [2.45, 2.75) is 25.9 Å². The van der Waals surface area contributed by atoms with Crippen molar-refractivity contribution in [3.8, 4) is 0 Å². The highest BCUT2D eigenvalue weighted by Gasteiger charge is 2.35. The molecule has 0 aliphatic carbocycles. The van der Waals surface area contributed by atoms with Crippen molar-refractivity contribution < 1.29 is 4.79 Å². The first-order valence-corrected chi connectivity index (χ1v) is 3.66. The van der Waals surface area contributed by atoms with Crippen LogP contribution >= 0.6 is 0 Å². The molecule has 2 aliphatic rings. The molecule has 2 aliphatic heterocycles. The van der Waals surface area contributed by atoms with Gasteiger partial charge in [-0.2, -0.15) is 0 Å². The number of hydrogen-bond acceptors (Lipinski definition) is 3. The van der Waals surface area contributed by atoms with Crippen LogP contribution in [-0.4, -0.2) is 18.0 Å². The first-order valence-electron chi connectivity index (χ1n) is 3.66. The van der Waals surface area contributed by atoms with E-state index in [2.05, 4.69) is 15.5 Å². The smallest absolute Gasteiger partial charge is 0.294 e. The van der Waals surface area contributed by atoms with E-state index in [1.54, 1.807) is 0 Å². The van der Waals surface area contributed by atoms with Gasteiger partial charge in [0.2, 0.25) is 0 Å². The molecule has 0 aromatic heterocycles. The van der Waals surface area contributed by atoms with E-state index in [1.807, 2.05) is 13.8 Å². The van der Waals surface area contributed by atoms with E-state index in [9.17, 15) is 4.79 Å². The monoisotopic (exact) mass is 151 g/mol. The zero-order valence-corrected chi connectivity index (χ0v) is 6.46. The van der Waals surface area contributed by atoms with Crippen LogP contribution in [0, 0.1) is 0 Å². The number of nitrogens with one attached hydrogen (secondary N) is 1. The van der Waals surface area contributed by atoms with Crippen molar-refractivity contribution >= 4 is 5.91 Å². The summed E-state index contributed by atoms with van der Waals surface area (Å²) in [5.74, 6) is -0.177. The molecule has 0 bridgehead atoms. The number of carbonyl (C=O) groups excluding carboxylic acids is 1. The summed E-state index contributed by atoms with van der Waals surface area (Å²) in [4.78, 5) is 11.1. The molecule has 1 N–H and O–H groups in total. The molecule has 11 heavy (non-hydrogen) atoms. The Bertz CT molecular complexity index is 269. The van der Waals surface area contributed by atoms with E-state index in [0.29, 0.717) is 0 Å². The topological polar surface area (TPSA) is 53.8 Å². The fourth-order valence-electron chi connectivity index (χ4n) is 1.58. The number of amides is 1. The van der Waals surface area contributed by atoms with Gasteiger partial charge in [-0.1, -0.05) is 0 Å². The van der Waals surface area contributed by atoms with Crippen LogP contribution in [0.2, 0.25) is 0 Å². The second kappa shape index (κ2) is 1.98. The van der Waals surface area contributed by atoms with Crippen LogP contribution in [0.4, 0.5) is 0 Å². The molecule has 4 nitrogen and oxygen atoms in total. The molecule has 0 saturated heterocycles. The Morgan fingerprint density at radius 1 is 1.27 bits per heavy atom. The number of carbonyl (C=O) groups is 1. The normalized spacial score (nSPS) is 35.3. The van der Waals surface area contributed by atoms with Gasteiger partial charge in [-0.15, -0.1) is 10.2 Å². The van der Waals surface area contributed by atoms with E-state index >= 15 is 0 Å². The van der Waals surface area contributed by atoms with Gasteiger partial charge in [-0.05, 0) is 13.8 Å². The lowest BCUT2D eigenvalue weighted by atomic mass is 10.1. The molecule has 0 spiro atoms. The standard InChI is InChI=1S/C7H9N3O/c1-3-5-6(4(2)8-3)9-10-7(5)11/h3-4,8H,1-2H3. The van der Waals surface area contributed by atoms with Gasteiger partial charge in [-0.25, -0.2) is 0 Å². The van der Waals surface area contributed by atoms with Gasteiger partial charge in [-0.3, -0.25) is 4.79 Å². The molecule has 0 fully saturated rings. The lowest BCUT2D eigenvalue weighted by Gasteiger charge is -2.07. The molecule has 4 heteroatoms. The van der Waals surface area contributed by atoms with Crippen molar-refractivity contribution in [3.63, 3.8) is 0 Å². The number of azo groups is 1. The van der Waals surface area contributed by atoms with Gasteiger partial charge in [0.05, 0.1) is 11.3 Å². The fourth-order valence-corrected chi connectivity index (χ4v) is 1.58. The maximum absolute atomic E-state index is 11.1. The third-order valence-electron chi connectivity index (χ3n) is 2.10. The zero-order valence-electron chi connectivity index (χ0n) is 6.46. The second-order valence-corrected chi connectivity index (χ2v) is 2.91.